The minimum Gasteiger partial charge on any atom is -0.380 e. The molecule has 0 saturated carbocycles. The topological polar surface area (TPSA) is 61.5 Å². The van der Waals surface area contributed by atoms with Gasteiger partial charge < -0.3 is 19.5 Å². The fourth-order valence-corrected chi connectivity index (χ4v) is 5.38. The van der Waals surface area contributed by atoms with Gasteiger partial charge in [-0.25, -0.2) is 9.37 Å². The van der Waals surface area contributed by atoms with Crippen molar-refractivity contribution in [2.45, 2.75) is 13.0 Å². The first-order valence-electron chi connectivity index (χ1n) is 10.3. The molecule has 8 heteroatoms. The molecule has 1 saturated heterocycles. The number of amides is 1. The van der Waals surface area contributed by atoms with Crippen LogP contribution in [0.4, 0.5) is 10.3 Å². The molecule has 0 unspecified atom stereocenters. The molecule has 0 radical (unpaired) electrons. The lowest BCUT2D eigenvalue weighted by molar-refractivity contribution is 0.0767. The van der Waals surface area contributed by atoms with Gasteiger partial charge in [-0.05, 0) is 30.7 Å². The van der Waals surface area contributed by atoms with Crippen LogP contribution >= 0.6 is 11.3 Å². The number of aromatic amines is 1. The van der Waals surface area contributed by atoms with Crippen molar-refractivity contribution in [3.8, 4) is 0 Å². The highest BCUT2D eigenvalue weighted by atomic mass is 32.1. The highest BCUT2D eigenvalue weighted by Gasteiger charge is 2.27. The first-order valence-corrected chi connectivity index (χ1v) is 11.1. The Balaban J connectivity index is 1.39. The van der Waals surface area contributed by atoms with Gasteiger partial charge in [-0.2, -0.15) is 0 Å². The molecule has 5 rings (SSSR count). The average Bonchev–Trinajstić information content (AvgIpc) is 3.28. The summed E-state index contributed by atoms with van der Waals surface area (Å²) < 4.78 is 20.6. The fourth-order valence-electron chi connectivity index (χ4n) is 4.19. The maximum Gasteiger partial charge on any atom is 0.264 e. The number of methoxy groups -OCH3 is 1. The Kier molecular flexibility index (Phi) is 5.33. The van der Waals surface area contributed by atoms with Crippen molar-refractivity contribution in [1.29, 1.82) is 0 Å². The molecule has 2 aromatic carbocycles. The number of anilines is 1. The van der Waals surface area contributed by atoms with Crippen LogP contribution in [-0.2, 0) is 11.3 Å². The van der Waals surface area contributed by atoms with Gasteiger partial charge in [0, 0.05) is 48.9 Å². The van der Waals surface area contributed by atoms with Gasteiger partial charge in [-0.1, -0.05) is 18.2 Å². The number of aromatic nitrogens is 2. The lowest BCUT2D eigenvalue weighted by Crippen LogP contribution is -2.35. The molecule has 3 heterocycles. The van der Waals surface area contributed by atoms with Gasteiger partial charge in [-0.15, -0.1) is 11.3 Å². The molecule has 0 aliphatic carbocycles. The van der Waals surface area contributed by atoms with E-state index >= 15 is 0 Å². The molecule has 4 aromatic rings. The SMILES string of the molecule is COCc1c(C(=O)N2CCCN(c3nc4ccccc4[nH]3)CC2)sc2cccc(F)c12. The Hall–Kier alpha value is -2.97. The number of hydrogen-bond donors (Lipinski definition) is 1. The molecule has 1 aliphatic heterocycles. The predicted octanol–water partition coefficient (Wildman–Crippen LogP) is 4.42. The van der Waals surface area contributed by atoms with Gasteiger partial charge in [0.2, 0.25) is 5.95 Å². The largest absolute Gasteiger partial charge is 0.380 e. The second kappa shape index (κ2) is 8.28. The highest BCUT2D eigenvalue weighted by molar-refractivity contribution is 7.21. The second-order valence-corrected chi connectivity index (χ2v) is 8.72. The monoisotopic (exact) mass is 438 g/mol. The molecule has 0 bridgehead atoms. The van der Waals surface area contributed by atoms with Crippen LogP contribution in [0.25, 0.3) is 21.1 Å². The molecule has 2 aromatic heterocycles. The Bertz CT molecular complexity index is 1220. The van der Waals surface area contributed by atoms with E-state index in [1.807, 2.05) is 35.2 Å². The van der Waals surface area contributed by atoms with E-state index in [9.17, 15) is 9.18 Å². The number of imidazole rings is 1. The summed E-state index contributed by atoms with van der Waals surface area (Å²) in [6.07, 6.45) is 0.835. The number of halogens is 1. The number of H-pyrrole nitrogens is 1. The molecule has 6 nitrogen and oxygen atoms in total. The van der Waals surface area contributed by atoms with Gasteiger partial charge in [-0.3, -0.25) is 4.79 Å². The van der Waals surface area contributed by atoms with Crippen LogP contribution in [0.1, 0.15) is 21.7 Å². The van der Waals surface area contributed by atoms with Crippen LogP contribution in [0.15, 0.2) is 42.5 Å². The van der Waals surface area contributed by atoms with Gasteiger partial charge in [0.25, 0.3) is 5.91 Å². The number of fused-ring (bicyclic) bond motifs is 2. The Morgan fingerprint density at radius 2 is 2.03 bits per heavy atom. The van der Waals surface area contributed by atoms with E-state index in [1.165, 1.54) is 17.4 Å². The first-order chi connectivity index (χ1) is 15.2. The van der Waals surface area contributed by atoms with Crippen LogP contribution in [0.2, 0.25) is 0 Å². The quantitative estimate of drug-likeness (QED) is 0.513. The smallest absolute Gasteiger partial charge is 0.264 e. The zero-order valence-corrected chi connectivity index (χ0v) is 18.0. The molecule has 0 spiro atoms. The molecule has 1 fully saturated rings. The van der Waals surface area contributed by atoms with Crippen molar-refractivity contribution >= 4 is 44.3 Å². The van der Waals surface area contributed by atoms with Crippen LogP contribution in [-0.4, -0.2) is 54.1 Å². The number of benzene rings is 2. The summed E-state index contributed by atoms with van der Waals surface area (Å²) in [7, 11) is 1.57. The summed E-state index contributed by atoms with van der Waals surface area (Å²) in [6.45, 7) is 2.94. The van der Waals surface area contributed by atoms with Gasteiger partial charge in [0.1, 0.15) is 5.82 Å². The zero-order chi connectivity index (χ0) is 21.4. The number of nitrogens with one attached hydrogen (secondary N) is 1. The standard InChI is InChI=1S/C23H23FN4O2S/c1-30-14-15-20-16(24)6-4-9-19(20)31-21(15)22(29)27-10-5-11-28(13-12-27)23-25-17-7-2-3-8-18(17)26-23/h2-4,6-9H,5,10-14H2,1H3,(H,25,26). The van der Waals surface area contributed by atoms with E-state index < -0.39 is 0 Å². The summed E-state index contributed by atoms with van der Waals surface area (Å²) in [6, 6.07) is 12.9. The van der Waals surface area contributed by atoms with E-state index in [0.717, 1.165) is 34.6 Å². The lowest BCUT2D eigenvalue weighted by Gasteiger charge is -2.21. The number of thiophene rings is 1. The molecular formula is C23H23FN4O2S. The van der Waals surface area contributed by atoms with Crippen molar-refractivity contribution in [3.05, 3.63) is 58.7 Å². The molecule has 160 valence electrons. The molecular weight excluding hydrogens is 415 g/mol. The highest BCUT2D eigenvalue weighted by Crippen LogP contribution is 2.35. The van der Waals surface area contributed by atoms with E-state index in [1.54, 1.807) is 13.2 Å². The molecule has 0 atom stereocenters. The normalized spacial score (nSPS) is 15.0. The minimum atomic E-state index is -0.313. The summed E-state index contributed by atoms with van der Waals surface area (Å²) in [4.78, 5) is 26.1. The van der Waals surface area contributed by atoms with Gasteiger partial charge in [0.15, 0.2) is 0 Å². The Morgan fingerprint density at radius 1 is 1.16 bits per heavy atom. The fraction of sp³-hybridized carbons (Fsp3) is 0.304. The van der Waals surface area contributed by atoms with Crippen molar-refractivity contribution in [1.82, 2.24) is 14.9 Å². The number of para-hydroxylation sites is 2. The molecule has 1 aliphatic rings. The van der Waals surface area contributed by atoms with Crippen LogP contribution in [0.5, 0.6) is 0 Å². The van der Waals surface area contributed by atoms with Crippen molar-refractivity contribution < 1.29 is 13.9 Å². The van der Waals surface area contributed by atoms with Crippen LogP contribution < -0.4 is 4.90 Å². The average molecular weight is 439 g/mol. The predicted molar refractivity (Wildman–Crippen MR) is 121 cm³/mol. The first kappa shape index (κ1) is 20.0. The third-order valence-corrected chi connectivity index (χ3v) is 6.89. The third-order valence-electron chi connectivity index (χ3n) is 5.71. The number of carbonyl (C=O) groups is 1. The summed E-state index contributed by atoms with van der Waals surface area (Å²) in [5.74, 6) is 0.463. The number of carbonyl (C=O) groups excluding carboxylic acids is 1. The second-order valence-electron chi connectivity index (χ2n) is 7.67. The van der Waals surface area contributed by atoms with E-state index in [0.29, 0.717) is 35.5 Å². The van der Waals surface area contributed by atoms with Crippen molar-refractivity contribution in [3.63, 3.8) is 0 Å². The number of rotatable bonds is 4. The van der Waals surface area contributed by atoms with E-state index in [2.05, 4.69) is 9.88 Å². The number of ether oxygens (including phenoxy) is 1. The zero-order valence-electron chi connectivity index (χ0n) is 17.2. The van der Waals surface area contributed by atoms with Crippen molar-refractivity contribution in [2.24, 2.45) is 0 Å². The van der Waals surface area contributed by atoms with Crippen molar-refractivity contribution in [2.75, 3.05) is 38.2 Å². The van der Waals surface area contributed by atoms with Gasteiger partial charge >= 0.3 is 0 Å². The summed E-state index contributed by atoms with van der Waals surface area (Å²) in [5.41, 5.74) is 2.58. The maximum absolute atomic E-state index is 14.5. The van der Waals surface area contributed by atoms with Crippen LogP contribution in [0, 0.1) is 5.82 Å². The van der Waals surface area contributed by atoms with Crippen LogP contribution in [0.3, 0.4) is 0 Å². The molecule has 1 N–H and O–H groups in total. The lowest BCUT2D eigenvalue weighted by atomic mass is 10.1. The Morgan fingerprint density at radius 3 is 2.87 bits per heavy atom. The molecule has 31 heavy (non-hydrogen) atoms. The number of nitrogens with zero attached hydrogens (tertiary/aromatic N) is 3. The summed E-state index contributed by atoms with van der Waals surface area (Å²) >= 11 is 1.34. The minimum absolute atomic E-state index is 0.0564. The molecule has 1 amide bonds. The van der Waals surface area contributed by atoms with E-state index in [-0.39, 0.29) is 18.3 Å². The summed E-state index contributed by atoms with van der Waals surface area (Å²) in [5, 5.41) is 0.497. The Labute approximate surface area is 183 Å². The van der Waals surface area contributed by atoms with Gasteiger partial charge in [0.05, 0.1) is 22.5 Å². The van der Waals surface area contributed by atoms with E-state index in [4.69, 9.17) is 9.72 Å². The third kappa shape index (κ3) is 3.66. The number of hydrogen-bond acceptors (Lipinski definition) is 5. The maximum atomic E-state index is 14.5.